The molecule has 0 fully saturated rings. The molecule has 0 heterocycles. The van der Waals surface area contributed by atoms with Crippen LogP contribution in [-0.4, -0.2) is 17.3 Å². The molecule has 6 nitrogen and oxygen atoms in total. The van der Waals surface area contributed by atoms with E-state index in [1.54, 1.807) is 0 Å². The van der Waals surface area contributed by atoms with E-state index in [1.165, 1.54) is 24.3 Å². The van der Waals surface area contributed by atoms with E-state index in [1.807, 2.05) is 0 Å². The third-order valence-corrected chi connectivity index (χ3v) is 4.08. The maximum Gasteiger partial charge on any atom is 0.420 e. The van der Waals surface area contributed by atoms with Gasteiger partial charge in [0.05, 0.1) is 23.1 Å². The van der Waals surface area contributed by atoms with E-state index in [9.17, 15) is 22.2 Å². The van der Waals surface area contributed by atoms with Crippen LogP contribution < -0.4 is 9.88 Å². The Hall–Kier alpha value is -2.59. The topological polar surface area (TPSA) is 102 Å². The van der Waals surface area contributed by atoms with E-state index >= 15 is 0 Å². The zero-order chi connectivity index (χ0) is 18.8. The Morgan fingerprint density at radius 3 is 2.24 bits per heavy atom. The summed E-state index contributed by atoms with van der Waals surface area (Å²) < 4.78 is 67.8. The van der Waals surface area contributed by atoms with Gasteiger partial charge in [0.2, 0.25) is 0 Å². The van der Waals surface area contributed by atoms with Crippen molar-refractivity contribution < 1.29 is 31.6 Å². The van der Waals surface area contributed by atoms with Crippen LogP contribution in [0.3, 0.4) is 0 Å². The smallest absolute Gasteiger partial charge is 0.420 e. The number of methoxy groups -OCH3 is 1. The maximum atomic E-state index is 13.2. The fourth-order valence-corrected chi connectivity index (χ4v) is 2.46. The van der Waals surface area contributed by atoms with Crippen molar-refractivity contribution >= 4 is 15.9 Å². The quantitative estimate of drug-likeness (QED) is 0.799. The standard InChI is InChI=1S/C15H13F3N2O4S/c1-23-14(21)9-2-7-13(12(8-9)15(16,17)18)24-10-3-5-11(6-4-10)25(19,20)22/h2-8H,1H3,(H3,19,20,22). The predicted molar refractivity (Wildman–Crippen MR) is 82.6 cm³/mol. The van der Waals surface area contributed by atoms with E-state index in [2.05, 4.69) is 4.74 Å². The van der Waals surface area contributed by atoms with Crippen LogP contribution in [0, 0.1) is 4.78 Å². The Balaban J connectivity index is 2.40. The number of rotatable bonds is 4. The lowest BCUT2D eigenvalue weighted by molar-refractivity contribution is -0.138. The Bertz CT molecular complexity index is 894. The SMILES string of the molecule is COC(=O)c1ccc(Oc2ccc(S(=N)(N)=O)cc2)c(C(F)(F)F)c1. The lowest BCUT2D eigenvalue weighted by Gasteiger charge is -2.15. The Morgan fingerprint density at radius 1 is 1.16 bits per heavy atom. The summed E-state index contributed by atoms with van der Waals surface area (Å²) in [5.74, 6) is -1.41. The second-order valence-corrected chi connectivity index (χ2v) is 6.55. The fraction of sp³-hybridized carbons (Fsp3) is 0.133. The molecule has 0 amide bonds. The van der Waals surface area contributed by atoms with E-state index in [0.717, 1.165) is 19.2 Å². The number of carbonyl (C=O) groups excluding carboxylic acids is 1. The van der Waals surface area contributed by atoms with Crippen molar-refractivity contribution in [3.05, 3.63) is 53.6 Å². The molecule has 3 N–H and O–H groups in total. The molecule has 0 aromatic heterocycles. The minimum absolute atomic E-state index is 0.0111. The first-order valence-corrected chi connectivity index (χ1v) is 8.28. The molecule has 2 rings (SSSR count). The van der Waals surface area contributed by atoms with Crippen molar-refractivity contribution in [1.82, 2.24) is 0 Å². The van der Waals surface area contributed by atoms with E-state index < -0.39 is 33.4 Å². The van der Waals surface area contributed by atoms with E-state index in [0.29, 0.717) is 6.07 Å². The highest BCUT2D eigenvalue weighted by Crippen LogP contribution is 2.39. The monoisotopic (exact) mass is 374 g/mol. The molecule has 0 saturated heterocycles. The average molecular weight is 374 g/mol. The number of benzene rings is 2. The summed E-state index contributed by atoms with van der Waals surface area (Å²) >= 11 is 0. The summed E-state index contributed by atoms with van der Waals surface area (Å²) in [4.78, 5) is 11.4. The van der Waals surface area contributed by atoms with Gasteiger partial charge in [0.25, 0.3) is 0 Å². The van der Waals surface area contributed by atoms with Crippen LogP contribution in [0.1, 0.15) is 15.9 Å². The van der Waals surface area contributed by atoms with Crippen LogP contribution in [0.2, 0.25) is 0 Å². The summed E-state index contributed by atoms with van der Waals surface area (Å²) in [6, 6.07) is 7.70. The van der Waals surface area contributed by atoms with Crippen molar-refractivity contribution in [2.24, 2.45) is 5.14 Å². The number of carbonyl (C=O) groups is 1. The van der Waals surface area contributed by atoms with E-state index in [-0.39, 0.29) is 16.2 Å². The summed E-state index contributed by atoms with van der Waals surface area (Å²) in [5.41, 5.74) is -1.42. The molecular formula is C15H13F3N2O4S. The molecule has 134 valence electrons. The largest absolute Gasteiger partial charge is 0.465 e. The number of esters is 1. The van der Waals surface area contributed by atoms with Gasteiger partial charge < -0.3 is 9.47 Å². The van der Waals surface area contributed by atoms with Crippen LogP contribution in [0.25, 0.3) is 0 Å². The molecule has 1 unspecified atom stereocenters. The molecule has 0 aliphatic heterocycles. The van der Waals surface area contributed by atoms with Gasteiger partial charge in [-0.2, -0.15) is 13.2 Å². The molecule has 10 heteroatoms. The van der Waals surface area contributed by atoms with Crippen molar-refractivity contribution in [2.45, 2.75) is 11.1 Å². The Labute approximate surface area is 141 Å². The van der Waals surface area contributed by atoms with Crippen molar-refractivity contribution in [1.29, 1.82) is 4.78 Å². The van der Waals surface area contributed by atoms with Gasteiger partial charge in [-0.3, -0.25) is 0 Å². The second kappa shape index (κ2) is 6.73. The van der Waals surface area contributed by atoms with Crippen molar-refractivity contribution in [2.75, 3.05) is 7.11 Å². The van der Waals surface area contributed by atoms with Gasteiger partial charge in [-0.15, -0.1) is 0 Å². The van der Waals surface area contributed by atoms with E-state index in [4.69, 9.17) is 14.7 Å². The number of nitrogens with two attached hydrogens (primary N) is 1. The van der Waals surface area contributed by atoms with Crippen LogP contribution in [0.4, 0.5) is 13.2 Å². The zero-order valence-corrected chi connectivity index (χ0v) is 13.6. The molecular weight excluding hydrogens is 361 g/mol. The van der Waals surface area contributed by atoms with Gasteiger partial charge in [0.15, 0.2) is 0 Å². The molecule has 0 radical (unpaired) electrons. The van der Waals surface area contributed by atoms with Crippen LogP contribution in [-0.2, 0) is 20.8 Å². The summed E-state index contributed by atoms with van der Waals surface area (Å²) in [6.45, 7) is 0. The van der Waals surface area contributed by atoms with Crippen LogP contribution in [0.5, 0.6) is 11.5 Å². The average Bonchev–Trinajstić information content (AvgIpc) is 2.53. The third-order valence-electron chi connectivity index (χ3n) is 3.11. The van der Waals surface area contributed by atoms with Gasteiger partial charge in [-0.1, -0.05) is 0 Å². The maximum absolute atomic E-state index is 13.2. The van der Waals surface area contributed by atoms with Crippen molar-refractivity contribution in [3.63, 3.8) is 0 Å². The highest BCUT2D eigenvalue weighted by Gasteiger charge is 2.35. The number of alkyl halides is 3. The molecule has 0 bridgehead atoms. The fourth-order valence-electron chi connectivity index (χ4n) is 1.92. The minimum Gasteiger partial charge on any atom is -0.465 e. The lowest BCUT2D eigenvalue weighted by atomic mass is 10.1. The molecule has 0 spiro atoms. The molecule has 0 saturated carbocycles. The number of hydrogen-bond acceptors (Lipinski definition) is 5. The number of nitrogens with one attached hydrogen (secondary N) is 1. The molecule has 2 aromatic rings. The second-order valence-electron chi connectivity index (χ2n) is 4.87. The first kappa shape index (κ1) is 18.7. The molecule has 2 aromatic carbocycles. The van der Waals surface area contributed by atoms with Gasteiger partial charge in [-0.25, -0.2) is 18.9 Å². The molecule has 1 atom stereocenters. The number of ether oxygens (including phenoxy) is 2. The highest BCUT2D eigenvalue weighted by molar-refractivity contribution is 7.90. The van der Waals surface area contributed by atoms with Gasteiger partial charge in [-0.05, 0) is 42.5 Å². The normalized spacial score (nSPS) is 13.8. The predicted octanol–water partition coefficient (Wildman–Crippen LogP) is 3.56. The number of halogens is 3. The molecule has 0 aliphatic rings. The Morgan fingerprint density at radius 2 is 1.76 bits per heavy atom. The molecule has 25 heavy (non-hydrogen) atoms. The summed E-state index contributed by atoms with van der Waals surface area (Å²) in [7, 11) is -2.37. The summed E-state index contributed by atoms with van der Waals surface area (Å²) in [6.07, 6.45) is -4.76. The zero-order valence-electron chi connectivity index (χ0n) is 12.8. The lowest BCUT2D eigenvalue weighted by Crippen LogP contribution is -2.11. The number of hydrogen-bond donors (Lipinski definition) is 2. The van der Waals surface area contributed by atoms with Gasteiger partial charge in [0, 0.05) is 0 Å². The van der Waals surface area contributed by atoms with Gasteiger partial charge >= 0.3 is 12.1 Å². The van der Waals surface area contributed by atoms with Crippen LogP contribution in [0.15, 0.2) is 47.4 Å². The molecule has 0 aliphatic carbocycles. The van der Waals surface area contributed by atoms with Crippen molar-refractivity contribution in [3.8, 4) is 11.5 Å². The first-order valence-electron chi connectivity index (χ1n) is 6.66. The minimum atomic E-state index is -4.76. The van der Waals surface area contributed by atoms with Gasteiger partial charge in [0.1, 0.15) is 21.4 Å². The highest BCUT2D eigenvalue weighted by atomic mass is 32.2. The van der Waals surface area contributed by atoms with Crippen LogP contribution >= 0.6 is 0 Å². The summed E-state index contributed by atoms with van der Waals surface area (Å²) in [5, 5.41) is 5.16. The Kier molecular flexibility index (Phi) is 5.04. The first-order chi connectivity index (χ1) is 11.5. The third kappa shape index (κ3) is 4.48.